The Labute approximate surface area is 95.5 Å². The molecule has 0 bridgehead atoms. The Morgan fingerprint density at radius 1 is 1.38 bits per heavy atom. The molecule has 1 saturated heterocycles. The van der Waals surface area contributed by atoms with E-state index in [0.717, 1.165) is 0 Å². The molecule has 2 unspecified atom stereocenters. The van der Waals surface area contributed by atoms with E-state index in [1.54, 1.807) is 7.11 Å². The van der Waals surface area contributed by atoms with Gasteiger partial charge in [0.2, 0.25) is 0 Å². The number of nitrogens with one attached hydrogen (secondary N) is 1. The van der Waals surface area contributed by atoms with Crippen LogP contribution in [0, 0.1) is 0 Å². The van der Waals surface area contributed by atoms with Crippen molar-refractivity contribution in [2.24, 2.45) is 0 Å². The van der Waals surface area contributed by atoms with Crippen LogP contribution in [0.1, 0.15) is 6.92 Å². The van der Waals surface area contributed by atoms with Crippen molar-refractivity contribution in [2.45, 2.75) is 37.4 Å². The number of hydrogen-bond donors (Lipinski definition) is 3. The molecule has 6 nitrogen and oxygen atoms in total. The van der Waals surface area contributed by atoms with Crippen LogP contribution in [0.15, 0.2) is 0 Å². The molecule has 0 aliphatic carbocycles. The molecule has 16 heavy (non-hydrogen) atoms. The summed E-state index contributed by atoms with van der Waals surface area (Å²) in [5.74, 6) is 0. The Hall–Kier alpha value is -0.240. The van der Waals surface area contributed by atoms with Crippen LogP contribution >= 0.6 is 0 Å². The van der Waals surface area contributed by atoms with Gasteiger partial charge in [-0.05, 0) is 6.92 Å². The molecule has 0 amide bonds. The van der Waals surface area contributed by atoms with Crippen LogP contribution in [-0.4, -0.2) is 68.2 Å². The molecule has 5 atom stereocenters. The van der Waals surface area contributed by atoms with E-state index in [1.165, 1.54) is 7.11 Å². The van der Waals surface area contributed by atoms with Crippen LogP contribution in [-0.2, 0) is 14.2 Å². The summed E-state index contributed by atoms with van der Waals surface area (Å²) < 4.78 is 15.6. The highest BCUT2D eigenvalue weighted by Gasteiger charge is 2.43. The van der Waals surface area contributed by atoms with E-state index in [-0.39, 0.29) is 18.8 Å². The Bertz CT molecular complexity index is 204. The molecule has 1 heterocycles. The standard InChI is InChI=1S/C10H21NO5/c1-6-8(11-5-14-2)9(13)10(15-3)7(4-12)16-6/h6-13H,4-5H2,1-3H3/t6-,7?,8?,9+,10+/m0/s1. The van der Waals surface area contributed by atoms with Gasteiger partial charge < -0.3 is 24.4 Å². The summed E-state index contributed by atoms with van der Waals surface area (Å²) in [5, 5.41) is 22.2. The van der Waals surface area contributed by atoms with Crippen molar-refractivity contribution in [3.63, 3.8) is 0 Å². The lowest BCUT2D eigenvalue weighted by Gasteiger charge is -2.43. The first kappa shape index (κ1) is 13.8. The van der Waals surface area contributed by atoms with Crippen molar-refractivity contribution in [2.75, 3.05) is 27.6 Å². The van der Waals surface area contributed by atoms with E-state index in [0.29, 0.717) is 6.73 Å². The fourth-order valence-electron chi connectivity index (χ4n) is 2.04. The molecule has 1 aliphatic rings. The largest absolute Gasteiger partial charge is 0.394 e. The second-order valence-corrected chi connectivity index (χ2v) is 3.92. The van der Waals surface area contributed by atoms with Gasteiger partial charge in [0, 0.05) is 14.2 Å². The van der Waals surface area contributed by atoms with Gasteiger partial charge in [0.1, 0.15) is 18.3 Å². The number of aliphatic hydroxyl groups excluding tert-OH is 2. The van der Waals surface area contributed by atoms with Crippen molar-refractivity contribution < 1.29 is 24.4 Å². The number of rotatable bonds is 5. The van der Waals surface area contributed by atoms with Crippen LogP contribution in [0.4, 0.5) is 0 Å². The van der Waals surface area contributed by atoms with Crippen LogP contribution < -0.4 is 5.32 Å². The van der Waals surface area contributed by atoms with E-state index in [4.69, 9.17) is 19.3 Å². The minimum Gasteiger partial charge on any atom is -0.394 e. The fraction of sp³-hybridized carbons (Fsp3) is 1.00. The highest BCUT2D eigenvalue weighted by molar-refractivity contribution is 4.95. The Balaban J connectivity index is 2.65. The van der Waals surface area contributed by atoms with Crippen LogP contribution in [0.25, 0.3) is 0 Å². The maximum atomic E-state index is 10.1. The first-order valence-electron chi connectivity index (χ1n) is 5.35. The van der Waals surface area contributed by atoms with E-state index in [2.05, 4.69) is 5.32 Å². The Morgan fingerprint density at radius 3 is 2.56 bits per heavy atom. The number of ether oxygens (including phenoxy) is 3. The smallest absolute Gasteiger partial charge is 0.113 e. The van der Waals surface area contributed by atoms with Gasteiger partial charge in [-0.1, -0.05) is 0 Å². The molecule has 3 N–H and O–H groups in total. The first-order chi connectivity index (χ1) is 7.65. The molecule has 0 aromatic carbocycles. The summed E-state index contributed by atoms with van der Waals surface area (Å²) in [5.41, 5.74) is 0. The number of methoxy groups -OCH3 is 2. The molecule has 0 saturated carbocycles. The van der Waals surface area contributed by atoms with Crippen molar-refractivity contribution in [3.8, 4) is 0 Å². The monoisotopic (exact) mass is 235 g/mol. The summed E-state index contributed by atoms with van der Waals surface area (Å²) in [6, 6.07) is -0.271. The summed E-state index contributed by atoms with van der Waals surface area (Å²) in [4.78, 5) is 0. The van der Waals surface area contributed by atoms with Gasteiger partial charge in [0.25, 0.3) is 0 Å². The van der Waals surface area contributed by atoms with E-state index < -0.39 is 18.3 Å². The first-order valence-corrected chi connectivity index (χ1v) is 5.35. The lowest BCUT2D eigenvalue weighted by Crippen LogP contribution is -2.63. The third-order valence-corrected chi connectivity index (χ3v) is 2.88. The molecule has 0 aromatic rings. The summed E-state index contributed by atoms with van der Waals surface area (Å²) >= 11 is 0. The van der Waals surface area contributed by atoms with Gasteiger partial charge in [-0.3, -0.25) is 5.32 Å². The average molecular weight is 235 g/mol. The molecule has 1 rings (SSSR count). The maximum Gasteiger partial charge on any atom is 0.113 e. The van der Waals surface area contributed by atoms with Crippen molar-refractivity contribution in [1.82, 2.24) is 5.32 Å². The SMILES string of the molecule is COCNC1[C@H](C)OC(CO)[C@@H](OC)[C@@H]1O. The van der Waals surface area contributed by atoms with Gasteiger partial charge in [-0.25, -0.2) is 0 Å². The van der Waals surface area contributed by atoms with Gasteiger partial charge >= 0.3 is 0 Å². The molecular weight excluding hydrogens is 214 g/mol. The minimum atomic E-state index is -0.735. The fourth-order valence-corrected chi connectivity index (χ4v) is 2.04. The van der Waals surface area contributed by atoms with Crippen molar-refractivity contribution in [3.05, 3.63) is 0 Å². The predicted octanol–water partition coefficient (Wildman–Crippen LogP) is -1.30. The van der Waals surface area contributed by atoms with Crippen molar-refractivity contribution in [1.29, 1.82) is 0 Å². The lowest BCUT2D eigenvalue weighted by molar-refractivity contribution is -0.200. The third kappa shape index (κ3) is 2.91. The molecule has 96 valence electrons. The molecule has 0 radical (unpaired) electrons. The second-order valence-electron chi connectivity index (χ2n) is 3.92. The quantitative estimate of drug-likeness (QED) is 0.514. The maximum absolute atomic E-state index is 10.1. The van der Waals surface area contributed by atoms with Gasteiger partial charge in [-0.2, -0.15) is 0 Å². The second kappa shape index (κ2) is 6.48. The molecule has 1 aliphatic heterocycles. The Kier molecular flexibility index (Phi) is 5.60. The molecule has 6 heteroatoms. The zero-order valence-corrected chi connectivity index (χ0v) is 9.92. The van der Waals surface area contributed by atoms with Crippen LogP contribution in [0.5, 0.6) is 0 Å². The average Bonchev–Trinajstić information content (AvgIpc) is 2.28. The van der Waals surface area contributed by atoms with Gasteiger partial charge in [0.05, 0.1) is 25.5 Å². The molecular formula is C10H21NO5. The number of hydrogen-bond acceptors (Lipinski definition) is 6. The molecule has 0 aromatic heterocycles. The van der Waals surface area contributed by atoms with E-state index in [9.17, 15) is 5.11 Å². The highest BCUT2D eigenvalue weighted by Crippen LogP contribution is 2.22. The summed E-state index contributed by atoms with van der Waals surface area (Å²) in [6.07, 6.45) is -1.97. The van der Waals surface area contributed by atoms with Crippen LogP contribution in [0.3, 0.4) is 0 Å². The summed E-state index contributed by atoms with van der Waals surface area (Å²) in [6.45, 7) is 2.00. The predicted molar refractivity (Wildman–Crippen MR) is 57.0 cm³/mol. The van der Waals surface area contributed by atoms with Crippen molar-refractivity contribution >= 4 is 0 Å². The minimum absolute atomic E-state index is 0.170. The topological polar surface area (TPSA) is 80.2 Å². The third-order valence-electron chi connectivity index (χ3n) is 2.88. The zero-order chi connectivity index (χ0) is 12.1. The zero-order valence-electron chi connectivity index (χ0n) is 9.92. The normalized spacial score (nSPS) is 39.9. The van der Waals surface area contributed by atoms with E-state index >= 15 is 0 Å². The van der Waals surface area contributed by atoms with Gasteiger partial charge in [-0.15, -0.1) is 0 Å². The van der Waals surface area contributed by atoms with Crippen LogP contribution in [0.2, 0.25) is 0 Å². The van der Waals surface area contributed by atoms with E-state index in [1.807, 2.05) is 6.92 Å². The molecule has 1 fully saturated rings. The van der Waals surface area contributed by atoms with Gasteiger partial charge in [0.15, 0.2) is 0 Å². The number of aliphatic hydroxyl groups is 2. The summed E-state index contributed by atoms with van der Waals surface area (Å²) in [7, 11) is 3.06. The molecule has 0 spiro atoms. The Morgan fingerprint density at radius 2 is 2.06 bits per heavy atom. The highest BCUT2D eigenvalue weighted by atomic mass is 16.6. The lowest BCUT2D eigenvalue weighted by atomic mass is 9.93.